The van der Waals surface area contributed by atoms with Gasteiger partial charge in [0.15, 0.2) is 5.69 Å². The van der Waals surface area contributed by atoms with Gasteiger partial charge in [-0.1, -0.05) is 18.2 Å². The molecule has 0 aliphatic rings. The fourth-order valence-corrected chi connectivity index (χ4v) is 1.92. The summed E-state index contributed by atoms with van der Waals surface area (Å²) in [5.74, 6) is -0.272. The van der Waals surface area contributed by atoms with Crippen molar-refractivity contribution in [3.63, 3.8) is 0 Å². The van der Waals surface area contributed by atoms with Crippen LogP contribution in [0.4, 0.5) is 17.2 Å². The molecule has 8 nitrogen and oxygen atoms in total. The lowest BCUT2D eigenvalue weighted by Gasteiger charge is -1.94. The number of nitrogens with one attached hydrogen (secondary N) is 1. The molecular weight excluding hydrogens is 274 g/mol. The molecule has 0 amide bonds. The molecule has 0 saturated carbocycles. The van der Waals surface area contributed by atoms with E-state index in [4.69, 9.17) is 0 Å². The number of hydrogen-bond acceptors (Lipinski definition) is 6. The van der Waals surface area contributed by atoms with Crippen molar-refractivity contribution in [3.05, 3.63) is 52.7 Å². The maximum Gasteiger partial charge on any atom is 0.315 e. The van der Waals surface area contributed by atoms with E-state index in [1.54, 1.807) is 18.2 Å². The number of rotatable bonds is 3. The van der Waals surface area contributed by atoms with Gasteiger partial charge in [0.05, 0.1) is 10.4 Å². The molecule has 8 heteroatoms. The zero-order valence-corrected chi connectivity index (χ0v) is 10.6. The molecule has 2 heterocycles. The smallest absolute Gasteiger partial charge is 0.315 e. The highest BCUT2D eigenvalue weighted by Gasteiger charge is 2.15. The maximum absolute atomic E-state index is 10.9. The Morgan fingerprint density at radius 2 is 2.00 bits per heavy atom. The van der Waals surface area contributed by atoms with Gasteiger partial charge in [-0.3, -0.25) is 10.1 Å². The Labute approximate surface area is 117 Å². The van der Waals surface area contributed by atoms with E-state index >= 15 is 0 Å². The van der Waals surface area contributed by atoms with Crippen LogP contribution in [0.1, 0.15) is 0 Å². The minimum absolute atomic E-state index is 0.118. The number of hydrogen-bond donors (Lipinski definition) is 2. The van der Waals surface area contributed by atoms with Crippen LogP contribution in [0, 0.1) is 10.1 Å². The lowest BCUT2D eigenvalue weighted by molar-refractivity contribution is -0.384. The Bertz CT molecular complexity index is 856. The van der Waals surface area contributed by atoms with Crippen molar-refractivity contribution in [1.29, 1.82) is 0 Å². The molecule has 0 unspecified atom stereocenters. The first-order valence-electron chi connectivity index (χ1n) is 5.97. The first-order valence-corrected chi connectivity index (χ1v) is 5.97. The molecule has 3 aromatic rings. The van der Waals surface area contributed by atoms with Gasteiger partial charge in [0.1, 0.15) is 0 Å². The van der Waals surface area contributed by atoms with Crippen molar-refractivity contribution in [2.24, 2.45) is 10.2 Å². The SMILES string of the molecule is O=[N+]([O-])c1cccnc1N=Nc1c(O)[nH]c2ccccc12. The molecule has 1 aromatic carbocycles. The van der Waals surface area contributed by atoms with Crippen LogP contribution in [0.25, 0.3) is 10.9 Å². The van der Waals surface area contributed by atoms with Gasteiger partial charge < -0.3 is 10.1 Å². The number of fused-ring (bicyclic) bond motifs is 1. The van der Waals surface area contributed by atoms with Crippen LogP contribution in [-0.4, -0.2) is 20.0 Å². The second-order valence-electron chi connectivity index (χ2n) is 4.17. The summed E-state index contributed by atoms with van der Waals surface area (Å²) in [6.07, 6.45) is 1.39. The minimum Gasteiger partial charge on any atom is -0.493 e. The molecule has 0 spiro atoms. The van der Waals surface area contributed by atoms with Crippen molar-refractivity contribution in [1.82, 2.24) is 9.97 Å². The molecule has 0 bridgehead atoms. The first-order chi connectivity index (χ1) is 10.2. The summed E-state index contributed by atoms with van der Waals surface area (Å²) in [5.41, 5.74) is 0.658. The number of pyridine rings is 1. The number of nitro groups is 1. The maximum atomic E-state index is 10.9. The van der Waals surface area contributed by atoms with E-state index in [1.165, 1.54) is 18.3 Å². The molecule has 0 aliphatic heterocycles. The molecule has 2 N–H and O–H groups in total. The lowest BCUT2D eigenvalue weighted by atomic mass is 10.2. The summed E-state index contributed by atoms with van der Waals surface area (Å²) in [6, 6.07) is 9.86. The molecule has 104 valence electrons. The normalized spacial score (nSPS) is 11.2. The summed E-state index contributed by atoms with van der Waals surface area (Å²) in [7, 11) is 0. The van der Waals surface area contributed by atoms with Gasteiger partial charge in [-0.05, 0) is 12.1 Å². The highest BCUT2D eigenvalue weighted by Crippen LogP contribution is 2.36. The Hall–Kier alpha value is -3.29. The van der Waals surface area contributed by atoms with Crippen molar-refractivity contribution < 1.29 is 10.0 Å². The number of benzene rings is 1. The van der Waals surface area contributed by atoms with E-state index < -0.39 is 4.92 Å². The summed E-state index contributed by atoms with van der Waals surface area (Å²) in [4.78, 5) is 16.8. The number of aromatic nitrogens is 2. The topological polar surface area (TPSA) is 117 Å². The van der Waals surface area contributed by atoms with Crippen LogP contribution in [0.5, 0.6) is 5.88 Å². The number of aromatic hydroxyl groups is 1. The van der Waals surface area contributed by atoms with Crippen molar-refractivity contribution >= 4 is 28.1 Å². The molecule has 2 aromatic heterocycles. The van der Waals surface area contributed by atoms with Crippen LogP contribution >= 0.6 is 0 Å². The molecular formula is C13H9N5O3. The zero-order chi connectivity index (χ0) is 14.8. The van der Waals surface area contributed by atoms with E-state index in [0.717, 1.165) is 0 Å². The minimum atomic E-state index is -0.587. The third-order valence-corrected chi connectivity index (χ3v) is 2.87. The van der Waals surface area contributed by atoms with Gasteiger partial charge in [0, 0.05) is 17.6 Å². The Balaban J connectivity index is 2.07. The third kappa shape index (κ3) is 2.29. The van der Waals surface area contributed by atoms with Crippen LogP contribution < -0.4 is 0 Å². The van der Waals surface area contributed by atoms with Gasteiger partial charge in [0.2, 0.25) is 5.88 Å². The molecule has 0 fully saturated rings. The Kier molecular flexibility index (Phi) is 3.03. The summed E-state index contributed by atoms with van der Waals surface area (Å²) >= 11 is 0. The predicted molar refractivity (Wildman–Crippen MR) is 75.0 cm³/mol. The van der Waals surface area contributed by atoms with E-state index in [9.17, 15) is 15.2 Å². The van der Waals surface area contributed by atoms with Gasteiger partial charge >= 0.3 is 5.69 Å². The van der Waals surface area contributed by atoms with Crippen molar-refractivity contribution in [3.8, 4) is 5.88 Å². The Morgan fingerprint density at radius 1 is 1.19 bits per heavy atom. The third-order valence-electron chi connectivity index (χ3n) is 2.87. The molecule has 3 rings (SSSR count). The lowest BCUT2D eigenvalue weighted by Crippen LogP contribution is -1.89. The van der Waals surface area contributed by atoms with Crippen LogP contribution in [0.2, 0.25) is 0 Å². The average molecular weight is 283 g/mol. The second-order valence-corrected chi connectivity index (χ2v) is 4.17. The van der Waals surface area contributed by atoms with Crippen molar-refractivity contribution in [2.45, 2.75) is 0 Å². The number of nitrogens with zero attached hydrogens (tertiary/aromatic N) is 4. The van der Waals surface area contributed by atoms with Gasteiger partial charge in [0.25, 0.3) is 5.82 Å². The predicted octanol–water partition coefficient (Wildman–Crippen LogP) is 3.59. The van der Waals surface area contributed by atoms with E-state index in [0.29, 0.717) is 10.9 Å². The molecule has 0 saturated heterocycles. The van der Waals surface area contributed by atoms with Gasteiger partial charge in [-0.25, -0.2) is 4.98 Å². The van der Waals surface area contributed by atoms with E-state index in [2.05, 4.69) is 20.2 Å². The van der Waals surface area contributed by atoms with Gasteiger partial charge in [-0.15, -0.1) is 10.2 Å². The highest BCUT2D eigenvalue weighted by molar-refractivity contribution is 5.94. The first kappa shape index (κ1) is 12.7. The van der Waals surface area contributed by atoms with E-state index in [1.807, 2.05) is 6.07 Å². The quantitative estimate of drug-likeness (QED) is 0.434. The standard InChI is InChI=1S/C13H9N5O3/c19-13-11(8-4-1-2-5-9(8)15-13)16-17-12-10(18(20)21)6-3-7-14-12/h1-7,15,19H. The molecule has 0 atom stereocenters. The highest BCUT2D eigenvalue weighted by atomic mass is 16.6. The molecule has 0 aliphatic carbocycles. The average Bonchev–Trinajstić information content (AvgIpc) is 2.81. The molecule has 0 radical (unpaired) electrons. The fourth-order valence-electron chi connectivity index (χ4n) is 1.92. The Morgan fingerprint density at radius 3 is 2.81 bits per heavy atom. The monoisotopic (exact) mass is 283 g/mol. The van der Waals surface area contributed by atoms with Gasteiger partial charge in [-0.2, -0.15) is 0 Å². The summed E-state index contributed by atoms with van der Waals surface area (Å²) in [5, 5.41) is 29.0. The second kappa shape index (κ2) is 5.00. The van der Waals surface area contributed by atoms with Crippen LogP contribution in [0.3, 0.4) is 0 Å². The fraction of sp³-hybridized carbons (Fsp3) is 0. The zero-order valence-electron chi connectivity index (χ0n) is 10.6. The summed E-state index contributed by atoms with van der Waals surface area (Å²) < 4.78 is 0. The number of para-hydroxylation sites is 1. The van der Waals surface area contributed by atoms with Crippen molar-refractivity contribution in [2.75, 3.05) is 0 Å². The number of H-pyrrole nitrogens is 1. The van der Waals surface area contributed by atoms with Crippen LogP contribution in [0.15, 0.2) is 52.8 Å². The molecule has 21 heavy (non-hydrogen) atoms. The number of aromatic amines is 1. The van der Waals surface area contributed by atoms with Crippen LogP contribution in [-0.2, 0) is 0 Å². The largest absolute Gasteiger partial charge is 0.493 e. The van der Waals surface area contributed by atoms with E-state index in [-0.39, 0.29) is 23.1 Å². The summed E-state index contributed by atoms with van der Waals surface area (Å²) in [6.45, 7) is 0. The number of azo groups is 1.